The third kappa shape index (κ3) is 5.85. The van der Waals surface area contributed by atoms with Gasteiger partial charge in [0.15, 0.2) is 0 Å². The molecule has 0 spiro atoms. The minimum atomic E-state index is 1.05. The zero-order valence-corrected chi connectivity index (χ0v) is 8.02. The second-order valence-electron chi connectivity index (χ2n) is 2.72. The van der Waals surface area contributed by atoms with Crippen LogP contribution >= 0.6 is 0 Å². The molecule has 3 nitrogen and oxygen atoms in total. The SMILES string of the molecule is CCN(C)CC/C(C)=N\NC. The zero-order chi connectivity index (χ0) is 8.69. The third-order valence-electron chi connectivity index (χ3n) is 1.70. The van der Waals surface area contributed by atoms with Crippen LogP contribution in [-0.2, 0) is 0 Å². The van der Waals surface area contributed by atoms with Gasteiger partial charge in [-0.2, -0.15) is 5.10 Å². The second-order valence-corrected chi connectivity index (χ2v) is 2.72. The highest BCUT2D eigenvalue weighted by molar-refractivity contribution is 5.81. The maximum absolute atomic E-state index is 4.07. The van der Waals surface area contributed by atoms with Crippen molar-refractivity contribution < 1.29 is 0 Å². The number of nitrogens with one attached hydrogen (secondary N) is 1. The van der Waals surface area contributed by atoms with E-state index in [1.165, 1.54) is 0 Å². The molecule has 0 aromatic carbocycles. The maximum Gasteiger partial charge on any atom is 0.0360 e. The lowest BCUT2D eigenvalue weighted by Crippen LogP contribution is -2.21. The summed E-state index contributed by atoms with van der Waals surface area (Å²) in [6.45, 7) is 6.39. The van der Waals surface area contributed by atoms with Crippen molar-refractivity contribution in [2.45, 2.75) is 20.3 Å². The summed E-state index contributed by atoms with van der Waals surface area (Å²) in [7, 11) is 3.94. The molecule has 0 saturated carbocycles. The van der Waals surface area contributed by atoms with E-state index in [0.717, 1.165) is 25.2 Å². The fourth-order valence-corrected chi connectivity index (χ4v) is 0.758. The largest absolute Gasteiger partial charge is 0.313 e. The zero-order valence-electron chi connectivity index (χ0n) is 8.02. The van der Waals surface area contributed by atoms with Crippen molar-refractivity contribution in [1.29, 1.82) is 0 Å². The van der Waals surface area contributed by atoms with Crippen LogP contribution in [0.25, 0.3) is 0 Å². The van der Waals surface area contributed by atoms with Crippen LogP contribution in [0.1, 0.15) is 20.3 Å². The molecule has 0 rings (SSSR count). The van der Waals surface area contributed by atoms with Crippen molar-refractivity contribution in [3.8, 4) is 0 Å². The van der Waals surface area contributed by atoms with Crippen LogP contribution in [-0.4, -0.2) is 37.8 Å². The molecular weight excluding hydrogens is 138 g/mol. The summed E-state index contributed by atoms with van der Waals surface area (Å²) in [5.74, 6) is 0. The van der Waals surface area contributed by atoms with Gasteiger partial charge in [0.05, 0.1) is 0 Å². The predicted molar refractivity (Wildman–Crippen MR) is 50.0 cm³/mol. The van der Waals surface area contributed by atoms with Gasteiger partial charge in [-0.3, -0.25) is 0 Å². The van der Waals surface area contributed by atoms with E-state index in [1.54, 1.807) is 0 Å². The molecule has 0 bridgehead atoms. The molecule has 0 aliphatic heterocycles. The highest BCUT2D eigenvalue weighted by atomic mass is 15.3. The predicted octanol–water partition coefficient (Wildman–Crippen LogP) is 0.923. The summed E-state index contributed by atoms with van der Waals surface area (Å²) in [5, 5.41) is 4.07. The summed E-state index contributed by atoms with van der Waals surface area (Å²) < 4.78 is 0. The van der Waals surface area contributed by atoms with Gasteiger partial charge in [0.25, 0.3) is 0 Å². The Hall–Kier alpha value is -0.570. The molecule has 0 amide bonds. The Morgan fingerprint density at radius 1 is 1.55 bits per heavy atom. The van der Waals surface area contributed by atoms with Crippen LogP contribution < -0.4 is 5.43 Å². The summed E-state index contributed by atoms with van der Waals surface area (Å²) >= 11 is 0. The Morgan fingerprint density at radius 3 is 2.64 bits per heavy atom. The van der Waals surface area contributed by atoms with Crippen LogP contribution in [0.4, 0.5) is 0 Å². The van der Waals surface area contributed by atoms with Crippen LogP contribution in [0.2, 0.25) is 0 Å². The molecule has 3 heteroatoms. The van der Waals surface area contributed by atoms with Gasteiger partial charge in [-0.15, -0.1) is 0 Å². The summed E-state index contributed by atoms with van der Waals surface area (Å²) in [6.07, 6.45) is 1.05. The van der Waals surface area contributed by atoms with Gasteiger partial charge in [0.2, 0.25) is 0 Å². The summed E-state index contributed by atoms with van der Waals surface area (Å²) in [4.78, 5) is 2.27. The van der Waals surface area contributed by atoms with E-state index in [0.29, 0.717) is 0 Å². The Bertz CT molecular complexity index is 121. The van der Waals surface area contributed by atoms with Gasteiger partial charge in [-0.25, -0.2) is 0 Å². The van der Waals surface area contributed by atoms with Crippen LogP contribution in [0, 0.1) is 0 Å². The van der Waals surface area contributed by atoms with Gasteiger partial charge in [0, 0.05) is 19.3 Å². The first-order chi connectivity index (χ1) is 5.20. The lowest BCUT2D eigenvalue weighted by Gasteiger charge is -2.12. The Morgan fingerprint density at radius 2 is 2.18 bits per heavy atom. The molecule has 0 atom stereocenters. The number of hydrogen-bond acceptors (Lipinski definition) is 3. The first kappa shape index (κ1) is 10.4. The highest BCUT2D eigenvalue weighted by Gasteiger charge is 1.95. The molecule has 0 aromatic rings. The Kier molecular flexibility index (Phi) is 5.84. The number of hydrazone groups is 1. The Labute approximate surface area is 69.5 Å². The minimum Gasteiger partial charge on any atom is -0.313 e. The van der Waals surface area contributed by atoms with E-state index in [9.17, 15) is 0 Å². The molecule has 0 fully saturated rings. The first-order valence-corrected chi connectivity index (χ1v) is 4.09. The standard InChI is InChI=1S/C8H19N3/c1-5-11(4)7-6-8(2)10-9-3/h9H,5-7H2,1-4H3/b10-8-. The van der Waals surface area contributed by atoms with Crippen molar-refractivity contribution >= 4 is 5.71 Å². The normalized spacial score (nSPS) is 12.3. The van der Waals surface area contributed by atoms with E-state index in [1.807, 2.05) is 14.0 Å². The molecular formula is C8H19N3. The molecule has 0 saturated heterocycles. The number of hydrogen-bond donors (Lipinski definition) is 1. The van der Waals surface area contributed by atoms with Crippen molar-refractivity contribution in [3.63, 3.8) is 0 Å². The average molecular weight is 157 g/mol. The summed E-state index contributed by atoms with van der Waals surface area (Å²) in [5.41, 5.74) is 3.94. The van der Waals surface area contributed by atoms with Crippen molar-refractivity contribution in [1.82, 2.24) is 10.3 Å². The fourth-order valence-electron chi connectivity index (χ4n) is 0.758. The number of nitrogens with zero attached hydrogens (tertiary/aromatic N) is 2. The van der Waals surface area contributed by atoms with Gasteiger partial charge >= 0.3 is 0 Å². The lowest BCUT2D eigenvalue weighted by molar-refractivity contribution is 0.363. The average Bonchev–Trinajstić information content (AvgIpc) is 2.01. The van der Waals surface area contributed by atoms with Crippen LogP contribution in [0.5, 0.6) is 0 Å². The summed E-state index contributed by atoms with van der Waals surface area (Å²) in [6, 6.07) is 0. The molecule has 66 valence electrons. The third-order valence-corrected chi connectivity index (χ3v) is 1.70. The molecule has 0 heterocycles. The molecule has 0 aromatic heterocycles. The topological polar surface area (TPSA) is 27.6 Å². The minimum absolute atomic E-state index is 1.05. The van der Waals surface area contributed by atoms with Crippen LogP contribution in [0.3, 0.4) is 0 Å². The molecule has 0 aliphatic carbocycles. The van der Waals surface area contributed by atoms with Crippen molar-refractivity contribution in [2.75, 3.05) is 27.2 Å². The molecule has 11 heavy (non-hydrogen) atoms. The van der Waals surface area contributed by atoms with E-state index >= 15 is 0 Å². The van der Waals surface area contributed by atoms with Gasteiger partial charge < -0.3 is 10.3 Å². The van der Waals surface area contributed by atoms with E-state index in [2.05, 4.69) is 29.4 Å². The fraction of sp³-hybridized carbons (Fsp3) is 0.875. The van der Waals surface area contributed by atoms with Gasteiger partial charge in [-0.1, -0.05) is 6.92 Å². The second kappa shape index (κ2) is 6.16. The molecule has 1 N–H and O–H groups in total. The molecule has 0 radical (unpaired) electrons. The van der Waals surface area contributed by atoms with E-state index < -0.39 is 0 Å². The van der Waals surface area contributed by atoms with Crippen LogP contribution in [0.15, 0.2) is 5.10 Å². The van der Waals surface area contributed by atoms with Gasteiger partial charge in [0.1, 0.15) is 0 Å². The quantitative estimate of drug-likeness (QED) is 0.475. The first-order valence-electron chi connectivity index (χ1n) is 4.09. The number of rotatable bonds is 5. The highest BCUT2D eigenvalue weighted by Crippen LogP contribution is 1.89. The van der Waals surface area contributed by atoms with E-state index in [-0.39, 0.29) is 0 Å². The van der Waals surface area contributed by atoms with Gasteiger partial charge in [-0.05, 0) is 26.9 Å². The van der Waals surface area contributed by atoms with E-state index in [4.69, 9.17) is 0 Å². The van der Waals surface area contributed by atoms with Crippen molar-refractivity contribution in [2.24, 2.45) is 5.10 Å². The smallest absolute Gasteiger partial charge is 0.0360 e. The molecule has 0 aliphatic rings. The molecule has 0 unspecified atom stereocenters. The monoisotopic (exact) mass is 157 g/mol. The van der Waals surface area contributed by atoms with Crippen molar-refractivity contribution in [3.05, 3.63) is 0 Å². The maximum atomic E-state index is 4.07. The Balaban J connectivity index is 3.45. The lowest BCUT2D eigenvalue weighted by atomic mass is 10.3.